The van der Waals surface area contributed by atoms with Crippen molar-refractivity contribution in [3.8, 4) is 0 Å². The van der Waals surface area contributed by atoms with Crippen molar-refractivity contribution in [2.45, 2.75) is 20.4 Å². The Hall–Kier alpha value is -2.74. The second kappa shape index (κ2) is 8.93. The van der Waals surface area contributed by atoms with Crippen LogP contribution in [0, 0.1) is 0 Å². The van der Waals surface area contributed by atoms with Crippen molar-refractivity contribution in [1.29, 1.82) is 0 Å². The molecule has 0 saturated carbocycles. The van der Waals surface area contributed by atoms with Crippen LogP contribution in [0.1, 0.15) is 19.5 Å². The molecule has 0 radical (unpaired) electrons. The van der Waals surface area contributed by atoms with Crippen LogP contribution in [0.25, 0.3) is 10.8 Å². The second-order valence-corrected chi connectivity index (χ2v) is 5.51. The maximum absolute atomic E-state index is 11.9. The van der Waals surface area contributed by atoms with Crippen LogP contribution < -0.4 is 16.2 Å². The highest BCUT2D eigenvalue weighted by molar-refractivity contribution is 6.35. The summed E-state index contributed by atoms with van der Waals surface area (Å²) in [6.07, 6.45) is 0. The molecule has 0 atom stereocenters. The van der Waals surface area contributed by atoms with E-state index in [4.69, 9.17) is 0 Å². The molecule has 134 valence electrons. The number of fused-ring (bicyclic) bond motifs is 1. The monoisotopic (exact) mass is 345 g/mol. The molecule has 3 N–H and O–H groups in total. The predicted molar refractivity (Wildman–Crippen MR) is 95.0 cm³/mol. The number of carbonyl (C=O) groups is 2. The highest BCUT2D eigenvalue weighted by Gasteiger charge is 2.14. The van der Waals surface area contributed by atoms with Gasteiger partial charge in [-0.15, -0.1) is 0 Å². The van der Waals surface area contributed by atoms with Gasteiger partial charge in [-0.3, -0.25) is 14.4 Å². The van der Waals surface area contributed by atoms with Crippen molar-refractivity contribution >= 4 is 22.6 Å². The molecule has 1 aromatic carbocycles. The minimum atomic E-state index is -0.725. The first-order chi connectivity index (χ1) is 12.1. The van der Waals surface area contributed by atoms with Crippen LogP contribution in [0.2, 0.25) is 0 Å². The topological polar surface area (TPSA) is 107 Å². The van der Waals surface area contributed by atoms with E-state index in [1.807, 2.05) is 13.8 Å². The van der Waals surface area contributed by atoms with Gasteiger partial charge in [0.25, 0.3) is 5.56 Å². The summed E-state index contributed by atoms with van der Waals surface area (Å²) in [4.78, 5) is 37.6. The van der Waals surface area contributed by atoms with Crippen LogP contribution >= 0.6 is 0 Å². The standard InChI is InChI=1S/C17H23N5O3/c1-3-22(4-2)10-9-18-16(24)17(25)19-11-14-12-7-5-6-8-13(12)15(23)21-20-14/h5-8H,3-4,9-11H2,1-2H3,(H,18,24)(H,19,25)(H,21,23). The summed E-state index contributed by atoms with van der Waals surface area (Å²) in [5, 5.41) is 12.6. The predicted octanol–water partition coefficient (Wildman–Crippen LogP) is -0.00270. The number of nitrogens with one attached hydrogen (secondary N) is 3. The molecule has 0 bridgehead atoms. The number of aromatic amines is 1. The number of likely N-dealkylation sites (N-methyl/N-ethyl adjacent to an activating group) is 1. The van der Waals surface area contributed by atoms with E-state index in [0.29, 0.717) is 29.6 Å². The fourth-order valence-corrected chi connectivity index (χ4v) is 2.50. The van der Waals surface area contributed by atoms with Crippen molar-refractivity contribution in [2.75, 3.05) is 26.2 Å². The third-order valence-electron chi connectivity index (χ3n) is 4.01. The Morgan fingerprint density at radius 3 is 2.40 bits per heavy atom. The molecule has 0 aliphatic rings. The Kier molecular flexibility index (Phi) is 6.64. The van der Waals surface area contributed by atoms with Gasteiger partial charge < -0.3 is 15.5 Å². The molecule has 2 amide bonds. The van der Waals surface area contributed by atoms with E-state index in [2.05, 4.69) is 25.7 Å². The largest absolute Gasteiger partial charge is 0.347 e. The van der Waals surface area contributed by atoms with E-state index in [0.717, 1.165) is 13.1 Å². The number of hydrogen-bond acceptors (Lipinski definition) is 5. The van der Waals surface area contributed by atoms with Crippen molar-refractivity contribution in [2.24, 2.45) is 0 Å². The molecule has 1 heterocycles. The molecule has 2 aromatic rings. The summed E-state index contributed by atoms with van der Waals surface area (Å²) in [6, 6.07) is 6.97. The summed E-state index contributed by atoms with van der Waals surface area (Å²) in [7, 11) is 0. The smallest absolute Gasteiger partial charge is 0.309 e. The van der Waals surface area contributed by atoms with Gasteiger partial charge in [-0.05, 0) is 19.2 Å². The minimum Gasteiger partial charge on any atom is -0.347 e. The first kappa shape index (κ1) is 18.6. The molecule has 8 nitrogen and oxygen atoms in total. The number of hydrogen-bond donors (Lipinski definition) is 3. The lowest BCUT2D eigenvalue weighted by Crippen LogP contribution is -2.42. The quantitative estimate of drug-likeness (QED) is 0.612. The summed E-state index contributed by atoms with van der Waals surface area (Å²) >= 11 is 0. The van der Waals surface area contributed by atoms with Gasteiger partial charge in [0.15, 0.2) is 0 Å². The maximum atomic E-state index is 11.9. The third kappa shape index (κ3) is 4.87. The van der Waals surface area contributed by atoms with Gasteiger partial charge in [-0.25, -0.2) is 5.10 Å². The summed E-state index contributed by atoms with van der Waals surface area (Å²) in [5.41, 5.74) is 0.208. The van der Waals surface area contributed by atoms with E-state index in [-0.39, 0.29) is 12.1 Å². The number of nitrogens with zero attached hydrogens (tertiary/aromatic N) is 2. The van der Waals surface area contributed by atoms with Crippen LogP contribution in [0.15, 0.2) is 29.1 Å². The van der Waals surface area contributed by atoms with Gasteiger partial charge in [0.1, 0.15) is 0 Å². The van der Waals surface area contributed by atoms with Gasteiger partial charge in [0.05, 0.1) is 17.6 Å². The average molecular weight is 345 g/mol. The normalized spacial score (nSPS) is 10.8. The first-order valence-electron chi connectivity index (χ1n) is 8.31. The number of benzene rings is 1. The number of aromatic nitrogens is 2. The lowest BCUT2D eigenvalue weighted by molar-refractivity contribution is -0.139. The lowest BCUT2D eigenvalue weighted by atomic mass is 10.1. The number of H-pyrrole nitrogens is 1. The van der Waals surface area contributed by atoms with Crippen LogP contribution in [0.4, 0.5) is 0 Å². The van der Waals surface area contributed by atoms with Gasteiger partial charge in [0, 0.05) is 18.5 Å². The molecular weight excluding hydrogens is 322 g/mol. The van der Waals surface area contributed by atoms with Gasteiger partial charge >= 0.3 is 11.8 Å². The number of carbonyl (C=O) groups excluding carboxylic acids is 2. The lowest BCUT2D eigenvalue weighted by Gasteiger charge is -2.17. The SMILES string of the molecule is CCN(CC)CCNC(=O)C(=O)NCc1n[nH]c(=O)c2ccccc12. The van der Waals surface area contributed by atoms with Gasteiger partial charge in [-0.2, -0.15) is 5.10 Å². The molecule has 0 saturated heterocycles. The fourth-order valence-electron chi connectivity index (χ4n) is 2.50. The van der Waals surface area contributed by atoms with Crippen molar-refractivity contribution in [1.82, 2.24) is 25.7 Å². The average Bonchev–Trinajstić information content (AvgIpc) is 2.64. The summed E-state index contributed by atoms with van der Waals surface area (Å²) in [5.74, 6) is -1.41. The minimum absolute atomic E-state index is 0.0552. The highest BCUT2D eigenvalue weighted by atomic mass is 16.2. The Morgan fingerprint density at radius 1 is 1.08 bits per heavy atom. The van der Waals surface area contributed by atoms with E-state index in [1.54, 1.807) is 24.3 Å². The van der Waals surface area contributed by atoms with Crippen molar-refractivity contribution in [3.05, 3.63) is 40.3 Å². The van der Waals surface area contributed by atoms with E-state index < -0.39 is 11.8 Å². The molecular formula is C17H23N5O3. The first-order valence-corrected chi connectivity index (χ1v) is 8.31. The van der Waals surface area contributed by atoms with E-state index in [1.165, 1.54) is 0 Å². The van der Waals surface area contributed by atoms with Gasteiger partial charge in [0.2, 0.25) is 0 Å². The van der Waals surface area contributed by atoms with E-state index >= 15 is 0 Å². The zero-order valence-corrected chi connectivity index (χ0v) is 14.5. The maximum Gasteiger partial charge on any atom is 0.309 e. The molecule has 0 aliphatic carbocycles. The Balaban J connectivity index is 1.91. The van der Waals surface area contributed by atoms with Crippen molar-refractivity contribution in [3.63, 3.8) is 0 Å². The van der Waals surface area contributed by atoms with Crippen molar-refractivity contribution < 1.29 is 9.59 Å². The summed E-state index contributed by atoms with van der Waals surface area (Å²) in [6.45, 7) is 7.03. The zero-order chi connectivity index (χ0) is 18.2. The van der Waals surface area contributed by atoms with Crippen LogP contribution in [0.3, 0.4) is 0 Å². The Bertz CT molecular complexity index is 798. The molecule has 25 heavy (non-hydrogen) atoms. The molecule has 1 aromatic heterocycles. The number of amides is 2. The molecule has 2 rings (SSSR count). The molecule has 0 fully saturated rings. The van der Waals surface area contributed by atoms with E-state index in [9.17, 15) is 14.4 Å². The molecule has 0 unspecified atom stereocenters. The molecule has 8 heteroatoms. The van der Waals surface area contributed by atoms with Crippen LogP contribution in [0.5, 0.6) is 0 Å². The zero-order valence-electron chi connectivity index (χ0n) is 14.5. The fraction of sp³-hybridized carbons (Fsp3) is 0.412. The second-order valence-electron chi connectivity index (χ2n) is 5.51. The van der Waals surface area contributed by atoms with Crippen LogP contribution in [-0.4, -0.2) is 53.1 Å². The molecule has 0 spiro atoms. The Morgan fingerprint density at radius 2 is 1.72 bits per heavy atom. The third-order valence-corrected chi connectivity index (χ3v) is 4.01. The molecule has 0 aliphatic heterocycles. The summed E-state index contributed by atoms with van der Waals surface area (Å²) < 4.78 is 0. The van der Waals surface area contributed by atoms with Gasteiger partial charge in [-0.1, -0.05) is 32.0 Å². The highest BCUT2D eigenvalue weighted by Crippen LogP contribution is 2.11. The Labute approximate surface area is 145 Å². The number of rotatable bonds is 7. The van der Waals surface area contributed by atoms with Crippen LogP contribution in [-0.2, 0) is 16.1 Å².